The third-order valence-corrected chi connectivity index (χ3v) is 3.93. The third kappa shape index (κ3) is 6.45. The van der Waals surface area contributed by atoms with Gasteiger partial charge in [0.05, 0.1) is 0 Å². The van der Waals surface area contributed by atoms with Gasteiger partial charge in [0.2, 0.25) is 0 Å². The Hall–Kier alpha value is -1.26. The maximum Gasteiger partial charge on any atom is 0.315 e. The van der Waals surface area contributed by atoms with Crippen molar-refractivity contribution in [3.8, 4) is 0 Å². The first kappa shape index (κ1) is 15.8. The van der Waals surface area contributed by atoms with Gasteiger partial charge in [-0.05, 0) is 44.9 Å². The first-order valence-electron chi connectivity index (χ1n) is 7.30. The molecule has 19 heavy (non-hydrogen) atoms. The van der Waals surface area contributed by atoms with Crippen LogP contribution in [0.4, 0.5) is 4.79 Å². The highest BCUT2D eigenvalue weighted by molar-refractivity contribution is 5.74. The Balaban J connectivity index is 2.18. The molecule has 1 atom stereocenters. The third-order valence-electron chi connectivity index (χ3n) is 3.93. The van der Waals surface area contributed by atoms with E-state index in [0.29, 0.717) is 6.42 Å². The molecule has 110 valence electrons. The zero-order valence-corrected chi connectivity index (χ0v) is 11.9. The van der Waals surface area contributed by atoms with Gasteiger partial charge in [0, 0.05) is 18.5 Å². The molecule has 3 N–H and O–H groups in total. The Labute approximate surface area is 115 Å². The molecule has 0 aromatic carbocycles. The number of carbonyl (C=O) groups is 2. The summed E-state index contributed by atoms with van der Waals surface area (Å²) >= 11 is 0. The minimum Gasteiger partial charge on any atom is -0.481 e. The molecular weight excluding hydrogens is 244 g/mol. The quantitative estimate of drug-likeness (QED) is 0.694. The highest BCUT2D eigenvalue weighted by Crippen LogP contribution is 2.26. The Bertz CT molecular complexity index is 299. The average Bonchev–Trinajstić information content (AvgIpc) is 2.37. The molecule has 0 aliphatic heterocycles. The molecule has 0 radical (unpaired) electrons. The van der Waals surface area contributed by atoms with Gasteiger partial charge in [-0.25, -0.2) is 4.79 Å². The highest BCUT2D eigenvalue weighted by atomic mass is 16.4. The molecule has 2 amide bonds. The van der Waals surface area contributed by atoms with Gasteiger partial charge < -0.3 is 15.7 Å². The molecule has 1 aliphatic rings. The van der Waals surface area contributed by atoms with Crippen LogP contribution in [0.1, 0.15) is 58.8 Å². The summed E-state index contributed by atoms with van der Waals surface area (Å²) in [5.41, 5.74) is 0. The Morgan fingerprint density at radius 2 is 1.89 bits per heavy atom. The van der Waals surface area contributed by atoms with E-state index in [4.69, 9.17) is 5.11 Å². The van der Waals surface area contributed by atoms with Gasteiger partial charge in [-0.1, -0.05) is 13.3 Å². The molecule has 0 bridgehead atoms. The summed E-state index contributed by atoms with van der Waals surface area (Å²) in [6, 6.07) is -0.00427. The summed E-state index contributed by atoms with van der Waals surface area (Å²) in [5.74, 6) is -0.0115. The number of hydrogen-bond acceptors (Lipinski definition) is 2. The molecule has 0 aromatic heterocycles. The number of rotatable bonds is 6. The van der Waals surface area contributed by atoms with E-state index >= 15 is 0 Å². The fourth-order valence-electron chi connectivity index (χ4n) is 2.58. The van der Waals surface area contributed by atoms with Crippen molar-refractivity contribution in [2.24, 2.45) is 5.92 Å². The van der Waals surface area contributed by atoms with E-state index in [1.54, 1.807) is 0 Å². The fourth-order valence-corrected chi connectivity index (χ4v) is 2.58. The van der Waals surface area contributed by atoms with Crippen LogP contribution in [0.25, 0.3) is 0 Å². The predicted octanol–water partition coefficient (Wildman–Crippen LogP) is 2.51. The summed E-state index contributed by atoms with van der Waals surface area (Å²) in [4.78, 5) is 22.2. The molecule has 1 aliphatic carbocycles. The van der Waals surface area contributed by atoms with Crippen molar-refractivity contribution in [3.63, 3.8) is 0 Å². The number of hydrogen-bond donors (Lipinski definition) is 3. The van der Waals surface area contributed by atoms with Gasteiger partial charge in [0.25, 0.3) is 0 Å². The molecular formula is C14H26N2O3. The van der Waals surface area contributed by atoms with Gasteiger partial charge >= 0.3 is 12.0 Å². The Morgan fingerprint density at radius 1 is 1.26 bits per heavy atom. The summed E-state index contributed by atoms with van der Waals surface area (Å²) in [6.45, 7) is 4.05. The molecule has 0 saturated heterocycles. The van der Waals surface area contributed by atoms with Gasteiger partial charge in [-0.2, -0.15) is 0 Å². The maximum atomic E-state index is 11.7. The molecule has 0 heterocycles. The zero-order valence-electron chi connectivity index (χ0n) is 11.9. The van der Waals surface area contributed by atoms with E-state index in [1.807, 2.05) is 6.92 Å². The molecule has 0 aromatic rings. The largest absolute Gasteiger partial charge is 0.481 e. The second kappa shape index (κ2) is 8.02. The van der Waals surface area contributed by atoms with Crippen LogP contribution in [0, 0.1) is 5.92 Å². The minimum atomic E-state index is -0.827. The van der Waals surface area contributed by atoms with Crippen molar-refractivity contribution in [1.29, 1.82) is 0 Å². The van der Waals surface area contributed by atoms with Gasteiger partial charge in [0.15, 0.2) is 0 Å². The van der Waals surface area contributed by atoms with Crippen LogP contribution in [-0.4, -0.2) is 29.2 Å². The van der Waals surface area contributed by atoms with Crippen LogP contribution in [0.5, 0.6) is 0 Å². The highest BCUT2D eigenvalue weighted by Gasteiger charge is 2.21. The summed E-state index contributed by atoms with van der Waals surface area (Å²) in [7, 11) is 0. The number of urea groups is 1. The van der Waals surface area contributed by atoms with Crippen molar-refractivity contribution < 1.29 is 14.7 Å². The van der Waals surface area contributed by atoms with Crippen LogP contribution >= 0.6 is 0 Å². The fraction of sp³-hybridized carbons (Fsp3) is 0.857. The normalized spacial score (nSPS) is 24.5. The van der Waals surface area contributed by atoms with Crippen LogP contribution in [-0.2, 0) is 4.79 Å². The monoisotopic (exact) mass is 270 g/mol. The number of amides is 2. The summed E-state index contributed by atoms with van der Waals surface area (Å²) in [5, 5.41) is 14.4. The lowest BCUT2D eigenvalue weighted by Crippen LogP contribution is -2.46. The molecule has 1 unspecified atom stereocenters. The van der Waals surface area contributed by atoms with Crippen LogP contribution in [0.2, 0.25) is 0 Å². The number of carboxylic acid groups (broad SMARTS) is 1. The summed E-state index contributed by atoms with van der Waals surface area (Å²) in [6.07, 6.45) is 6.26. The number of nitrogens with one attached hydrogen (secondary N) is 2. The van der Waals surface area contributed by atoms with Crippen molar-refractivity contribution in [1.82, 2.24) is 10.6 Å². The standard InChI is InChI=1S/C14H26N2O3/c1-3-11-5-7-12(8-6-11)16-14(19)15-10(2)4-9-13(17)18/h10-12H,3-9H2,1-2H3,(H,17,18)(H2,15,16,19). The van der Waals surface area contributed by atoms with Crippen molar-refractivity contribution in [2.45, 2.75) is 70.9 Å². The zero-order chi connectivity index (χ0) is 14.3. The molecule has 1 rings (SSSR count). The molecule has 5 nitrogen and oxygen atoms in total. The lowest BCUT2D eigenvalue weighted by molar-refractivity contribution is -0.137. The van der Waals surface area contributed by atoms with Gasteiger partial charge in [0.1, 0.15) is 0 Å². The van der Waals surface area contributed by atoms with E-state index in [1.165, 1.54) is 19.3 Å². The van der Waals surface area contributed by atoms with Crippen LogP contribution in [0.15, 0.2) is 0 Å². The van der Waals surface area contributed by atoms with Crippen molar-refractivity contribution in [3.05, 3.63) is 0 Å². The Morgan fingerprint density at radius 3 is 2.42 bits per heavy atom. The topological polar surface area (TPSA) is 78.4 Å². The van der Waals surface area contributed by atoms with Gasteiger partial charge in [-0.3, -0.25) is 4.79 Å². The first-order valence-corrected chi connectivity index (χ1v) is 7.30. The van der Waals surface area contributed by atoms with E-state index in [9.17, 15) is 9.59 Å². The Kier molecular flexibility index (Phi) is 6.67. The second-order valence-electron chi connectivity index (χ2n) is 5.58. The molecule has 1 fully saturated rings. The number of carboxylic acids is 1. The van der Waals surface area contributed by atoms with E-state index < -0.39 is 5.97 Å². The van der Waals surface area contributed by atoms with Crippen LogP contribution < -0.4 is 10.6 Å². The number of carbonyl (C=O) groups excluding carboxylic acids is 1. The lowest BCUT2D eigenvalue weighted by atomic mass is 9.85. The van der Waals surface area contributed by atoms with Crippen LogP contribution in [0.3, 0.4) is 0 Å². The maximum absolute atomic E-state index is 11.7. The van der Waals surface area contributed by atoms with E-state index in [0.717, 1.165) is 18.8 Å². The smallest absolute Gasteiger partial charge is 0.315 e. The minimum absolute atomic E-state index is 0.0864. The predicted molar refractivity (Wildman–Crippen MR) is 74.0 cm³/mol. The van der Waals surface area contributed by atoms with E-state index in [-0.39, 0.29) is 24.5 Å². The number of aliphatic carboxylic acids is 1. The van der Waals surface area contributed by atoms with Gasteiger partial charge in [-0.15, -0.1) is 0 Å². The lowest BCUT2D eigenvalue weighted by Gasteiger charge is -2.28. The van der Waals surface area contributed by atoms with Crippen molar-refractivity contribution >= 4 is 12.0 Å². The SMILES string of the molecule is CCC1CCC(NC(=O)NC(C)CCC(=O)O)CC1. The van der Waals surface area contributed by atoms with E-state index in [2.05, 4.69) is 17.6 Å². The molecule has 1 saturated carbocycles. The van der Waals surface area contributed by atoms with Crippen molar-refractivity contribution in [2.75, 3.05) is 0 Å². The first-order chi connectivity index (χ1) is 9.01. The average molecular weight is 270 g/mol. The second-order valence-corrected chi connectivity index (χ2v) is 5.58. The summed E-state index contributed by atoms with van der Waals surface area (Å²) < 4.78 is 0. The molecule has 5 heteroatoms. The molecule has 0 spiro atoms.